The van der Waals surface area contributed by atoms with E-state index in [0.29, 0.717) is 26.9 Å². The monoisotopic (exact) mass is 522 g/mol. The molecule has 1 aliphatic rings. The number of hydrogen-bond donors (Lipinski definition) is 4. The molecule has 4 N–H and O–H groups in total. The standard InChI is InChI=1S/C24H24Cl2N2O7/c25-17-2-1-3-18(26)16(17)13-35-15-6-4-14(5-7-15)12-19(22(31)32)27-20(29)8-10-24(23(33)34)11-9-21(30)28-24/h1-7,19H,8-13H2,(H,27,29)(H,28,30)(H,31,32)(H,33,34)/t19-,24-/m0/s1. The summed E-state index contributed by atoms with van der Waals surface area (Å²) in [5.74, 6) is -2.92. The van der Waals surface area contributed by atoms with Gasteiger partial charge in [0.25, 0.3) is 0 Å². The van der Waals surface area contributed by atoms with Crippen molar-refractivity contribution >= 4 is 47.0 Å². The molecular weight excluding hydrogens is 499 g/mol. The molecule has 0 aliphatic carbocycles. The zero-order valence-electron chi connectivity index (χ0n) is 18.6. The number of aliphatic carboxylic acids is 2. The number of nitrogens with one attached hydrogen (secondary N) is 2. The summed E-state index contributed by atoms with van der Waals surface area (Å²) in [6.45, 7) is 0.157. The van der Waals surface area contributed by atoms with E-state index in [0.717, 1.165) is 0 Å². The molecule has 11 heteroatoms. The van der Waals surface area contributed by atoms with Crippen LogP contribution < -0.4 is 15.4 Å². The summed E-state index contributed by atoms with van der Waals surface area (Å²) in [5, 5.41) is 24.8. The topological polar surface area (TPSA) is 142 Å². The summed E-state index contributed by atoms with van der Waals surface area (Å²) in [6.07, 6.45) is -0.218. The van der Waals surface area contributed by atoms with E-state index < -0.39 is 35.3 Å². The van der Waals surface area contributed by atoms with Crippen LogP contribution in [0.15, 0.2) is 42.5 Å². The lowest BCUT2D eigenvalue weighted by molar-refractivity contribution is -0.146. The predicted octanol–water partition coefficient (Wildman–Crippen LogP) is 3.20. The fourth-order valence-corrected chi connectivity index (χ4v) is 4.26. The summed E-state index contributed by atoms with van der Waals surface area (Å²) < 4.78 is 5.71. The van der Waals surface area contributed by atoms with Gasteiger partial charge in [0.15, 0.2) is 0 Å². The van der Waals surface area contributed by atoms with E-state index in [1.54, 1.807) is 42.5 Å². The van der Waals surface area contributed by atoms with Crippen LogP contribution in [0.5, 0.6) is 5.75 Å². The van der Waals surface area contributed by atoms with Crippen molar-refractivity contribution in [1.29, 1.82) is 0 Å². The average molecular weight is 523 g/mol. The first-order valence-corrected chi connectivity index (χ1v) is 11.6. The molecule has 35 heavy (non-hydrogen) atoms. The van der Waals surface area contributed by atoms with Crippen LogP contribution >= 0.6 is 23.2 Å². The van der Waals surface area contributed by atoms with Crippen molar-refractivity contribution in [3.8, 4) is 5.75 Å². The molecule has 9 nitrogen and oxygen atoms in total. The smallest absolute Gasteiger partial charge is 0.329 e. The highest BCUT2D eigenvalue weighted by Gasteiger charge is 2.44. The Hall–Kier alpha value is -3.30. The number of hydrogen-bond acceptors (Lipinski definition) is 5. The Kier molecular flexibility index (Phi) is 8.58. The maximum absolute atomic E-state index is 12.4. The molecule has 0 radical (unpaired) electrons. The molecule has 0 bridgehead atoms. The van der Waals surface area contributed by atoms with E-state index in [1.165, 1.54) is 0 Å². The zero-order chi connectivity index (χ0) is 25.6. The van der Waals surface area contributed by atoms with Crippen LogP contribution in [0.4, 0.5) is 0 Å². The molecule has 1 saturated heterocycles. The quantitative estimate of drug-likeness (QED) is 0.354. The molecule has 2 aromatic rings. The fraction of sp³-hybridized carbons (Fsp3) is 0.333. The Morgan fingerprint density at radius 2 is 1.74 bits per heavy atom. The van der Waals surface area contributed by atoms with Crippen LogP contribution in [0, 0.1) is 0 Å². The minimum atomic E-state index is -1.50. The molecule has 2 amide bonds. The Labute approximate surface area is 211 Å². The van der Waals surface area contributed by atoms with Gasteiger partial charge in [-0.3, -0.25) is 9.59 Å². The number of benzene rings is 2. The number of carbonyl (C=O) groups excluding carboxylic acids is 2. The lowest BCUT2D eigenvalue weighted by Crippen LogP contribution is -2.50. The second kappa shape index (κ2) is 11.4. The summed E-state index contributed by atoms with van der Waals surface area (Å²) in [5.41, 5.74) is -0.210. The summed E-state index contributed by atoms with van der Waals surface area (Å²) >= 11 is 12.3. The highest BCUT2D eigenvalue weighted by Crippen LogP contribution is 2.27. The highest BCUT2D eigenvalue weighted by molar-refractivity contribution is 6.35. The van der Waals surface area contributed by atoms with E-state index in [1.807, 2.05) is 0 Å². The van der Waals surface area contributed by atoms with Crippen LogP contribution in [0.25, 0.3) is 0 Å². The first kappa shape index (κ1) is 26.3. The number of carboxylic acid groups (broad SMARTS) is 2. The molecule has 3 rings (SSSR count). The van der Waals surface area contributed by atoms with Gasteiger partial charge in [-0.25, -0.2) is 9.59 Å². The van der Waals surface area contributed by atoms with Crippen molar-refractivity contribution in [2.45, 2.75) is 50.3 Å². The second-order valence-corrected chi connectivity index (χ2v) is 9.05. The minimum absolute atomic E-state index is 0.0124. The zero-order valence-corrected chi connectivity index (χ0v) is 20.1. The summed E-state index contributed by atoms with van der Waals surface area (Å²) in [6, 6.07) is 10.6. The van der Waals surface area contributed by atoms with Crippen molar-refractivity contribution in [3.05, 3.63) is 63.6 Å². The van der Waals surface area contributed by atoms with Gasteiger partial charge in [0.05, 0.1) is 0 Å². The second-order valence-electron chi connectivity index (χ2n) is 8.23. The molecule has 0 saturated carbocycles. The molecule has 2 aromatic carbocycles. The van der Waals surface area contributed by atoms with Crippen LogP contribution in [-0.4, -0.2) is 45.5 Å². The number of halogens is 2. The number of carboxylic acids is 2. The normalized spacial score (nSPS) is 17.9. The van der Waals surface area contributed by atoms with E-state index in [-0.39, 0.29) is 38.7 Å². The van der Waals surface area contributed by atoms with E-state index in [4.69, 9.17) is 27.9 Å². The van der Waals surface area contributed by atoms with Crippen LogP contribution in [0.2, 0.25) is 10.0 Å². The molecule has 0 unspecified atom stereocenters. The molecule has 1 fully saturated rings. The highest BCUT2D eigenvalue weighted by atomic mass is 35.5. The Balaban J connectivity index is 1.55. The van der Waals surface area contributed by atoms with E-state index >= 15 is 0 Å². The Morgan fingerprint density at radius 3 is 2.29 bits per heavy atom. The lowest BCUT2D eigenvalue weighted by atomic mass is 9.91. The van der Waals surface area contributed by atoms with E-state index in [2.05, 4.69) is 10.6 Å². The van der Waals surface area contributed by atoms with Crippen LogP contribution in [0.1, 0.15) is 36.8 Å². The van der Waals surface area contributed by atoms with Gasteiger partial charge < -0.3 is 25.6 Å². The number of ether oxygens (including phenoxy) is 1. The first-order chi connectivity index (χ1) is 16.6. The van der Waals surface area contributed by atoms with Crippen molar-refractivity contribution < 1.29 is 34.1 Å². The van der Waals surface area contributed by atoms with Crippen molar-refractivity contribution in [2.24, 2.45) is 0 Å². The molecule has 0 spiro atoms. The number of rotatable bonds is 11. The number of amides is 2. The molecule has 186 valence electrons. The molecule has 0 aromatic heterocycles. The van der Waals surface area contributed by atoms with Gasteiger partial charge in [0.2, 0.25) is 11.8 Å². The van der Waals surface area contributed by atoms with E-state index in [9.17, 15) is 29.4 Å². The van der Waals surface area contributed by atoms with Crippen molar-refractivity contribution in [2.75, 3.05) is 0 Å². The molecule has 2 atom stereocenters. The largest absolute Gasteiger partial charge is 0.489 e. The third-order valence-electron chi connectivity index (χ3n) is 5.79. The first-order valence-electron chi connectivity index (χ1n) is 10.8. The van der Waals surface area contributed by atoms with Gasteiger partial charge in [-0.15, -0.1) is 0 Å². The summed E-state index contributed by atoms with van der Waals surface area (Å²) in [7, 11) is 0. The van der Waals surface area contributed by atoms with Crippen molar-refractivity contribution in [1.82, 2.24) is 10.6 Å². The molecule has 1 aliphatic heterocycles. The Bertz CT molecular complexity index is 1100. The predicted molar refractivity (Wildman–Crippen MR) is 127 cm³/mol. The van der Waals surface area contributed by atoms with Gasteiger partial charge in [-0.1, -0.05) is 41.4 Å². The minimum Gasteiger partial charge on any atom is -0.489 e. The van der Waals surface area contributed by atoms with Gasteiger partial charge in [-0.05, 0) is 42.7 Å². The lowest BCUT2D eigenvalue weighted by Gasteiger charge is -2.24. The average Bonchev–Trinajstić information content (AvgIpc) is 3.20. The third kappa shape index (κ3) is 6.86. The van der Waals surface area contributed by atoms with Gasteiger partial charge in [0.1, 0.15) is 23.9 Å². The fourth-order valence-electron chi connectivity index (χ4n) is 3.75. The van der Waals surface area contributed by atoms with Gasteiger partial charge in [-0.2, -0.15) is 0 Å². The molecular formula is C24H24Cl2N2O7. The summed E-state index contributed by atoms with van der Waals surface area (Å²) in [4.78, 5) is 47.1. The van der Waals surface area contributed by atoms with Crippen LogP contribution in [-0.2, 0) is 32.2 Å². The van der Waals surface area contributed by atoms with Gasteiger partial charge in [0, 0.05) is 34.9 Å². The SMILES string of the molecule is O=C(CC[C@@]1(C(=O)O)CCC(=O)N1)N[C@@H](Cc1ccc(OCc2c(Cl)cccc2Cl)cc1)C(=O)O. The van der Waals surface area contributed by atoms with Crippen molar-refractivity contribution in [3.63, 3.8) is 0 Å². The maximum Gasteiger partial charge on any atom is 0.329 e. The third-order valence-corrected chi connectivity index (χ3v) is 6.50. The Morgan fingerprint density at radius 1 is 1.09 bits per heavy atom. The van der Waals surface area contributed by atoms with Crippen LogP contribution in [0.3, 0.4) is 0 Å². The number of carbonyl (C=O) groups is 4. The van der Waals surface area contributed by atoms with Gasteiger partial charge >= 0.3 is 11.9 Å². The maximum atomic E-state index is 12.4. The molecule has 1 heterocycles.